The molecule has 0 unspecified atom stereocenters. The summed E-state index contributed by atoms with van der Waals surface area (Å²) in [6.07, 6.45) is 8.87. The first-order chi connectivity index (χ1) is 13.6. The Kier molecular flexibility index (Phi) is 4.70. The smallest absolute Gasteiger partial charge is 0.261 e. The average molecular weight is 385 g/mol. The van der Waals surface area contributed by atoms with E-state index in [0.717, 1.165) is 16.7 Å². The number of benzene rings is 1. The van der Waals surface area contributed by atoms with E-state index in [9.17, 15) is 4.79 Å². The van der Waals surface area contributed by atoms with E-state index in [0.29, 0.717) is 33.3 Å². The molecule has 7 heteroatoms. The first-order valence-electron chi connectivity index (χ1n) is 8.45. The SMILES string of the molecule is C#Cc1cccc(-c2nc(N)c3cc(C(=O)NCc4cccnc4)sc3n2)c1. The van der Waals surface area contributed by atoms with Crippen LogP contribution in [0.25, 0.3) is 21.6 Å². The highest BCUT2D eigenvalue weighted by molar-refractivity contribution is 7.20. The van der Waals surface area contributed by atoms with Crippen LogP contribution >= 0.6 is 11.3 Å². The highest BCUT2D eigenvalue weighted by Gasteiger charge is 2.15. The van der Waals surface area contributed by atoms with Crippen molar-refractivity contribution < 1.29 is 4.79 Å². The molecule has 1 amide bonds. The van der Waals surface area contributed by atoms with Gasteiger partial charge < -0.3 is 11.1 Å². The zero-order chi connectivity index (χ0) is 19.5. The van der Waals surface area contributed by atoms with Crippen LogP contribution < -0.4 is 11.1 Å². The van der Waals surface area contributed by atoms with Gasteiger partial charge in [0.05, 0.1) is 10.3 Å². The van der Waals surface area contributed by atoms with Gasteiger partial charge in [0.25, 0.3) is 5.91 Å². The number of carbonyl (C=O) groups is 1. The molecule has 1 aromatic carbocycles. The van der Waals surface area contributed by atoms with Crippen molar-refractivity contribution in [3.05, 3.63) is 70.9 Å². The molecule has 4 rings (SSSR count). The van der Waals surface area contributed by atoms with E-state index in [2.05, 4.69) is 26.2 Å². The molecule has 3 aromatic heterocycles. The molecule has 0 aliphatic carbocycles. The standard InChI is InChI=1S/C21H15N5OS/c1-2-13-5-3-7-15(9-13)19-25-18(22)16-10-17(28-21(16)26-19)20(27)24-12-14-6-4-8-23-11-14/h1,3-11H,12H2,(H,24,27)(H2,22,25,26). The molecular formula is C21H15N5OS. The Morgan fingerprint density at radius 2 is 2.11 bits per heavy atom. The van der Waals surface area contributed by atoms with Crippen molar-refractivity contribution in [1.82, 2.24) is 20.3 Å². The number of terminal acetylenes is 1. The summed E-state index contributed by atoms with van der Waals surface area (Å²) < 4.78 is 0. The van der Waals surface area contributed by atoms with E-state index in [-0.39, 0.29) is 5.91 Å². The second kappa shape index (κ2) is 7.47. The van der Waals surface area contributed by atoms with Gasteiger partial charge in [-0.05, 0) is 29.8 Å². The third-order valence-electron chi connectivity index (χ3n) is 4.11. The van der Waals surface area contributed by atoms with Crippen LogP contribution in [0.1, 0.15) is 20.8 Å². The molecule has 0 saturated carbocycles. The van der Waals surface area contributed by atoms with Crippen molar-refractivity contribution in [3.63, 3.8) is 0 Å². The first-order valence-corrected chi connectivity index (χ1v) is 9.27. The summed E-state index contributed by atoms with van der Waals surface area (Å²) in [5, 5.41) is 3.54. The van der Waals surface area contributed by atoms with Gasteiger partial charge in [0.2, 0.25) is 0 Å². The third-order valence-corrected chi connectivity index (χ3v) is 5.14. The van der Waals surface area contributed by atoms with Crippen LogP contribution in [0.3, 0.4) is 0 Å². The molecular weight excluding hydrogens is 370 g/mol. The second-order valence-corrected chi connectivity index (χ2v) is 7.06. The number of carbonyl (C=O) groups excluding carboxylic acids is 1. The Balaban J connectivity index is 1.62. The van der Waals surface area contributed by atoms with Gasteiger partial charge in [-0.15, -0.1) is 17.8 Å². The minimum absolute atomic E-state index is 0.192. The fourth-order valence-corrected chi connectivity index (χ4v) is 3.66. The second-order valence-electron chi connectivity index (χ2n) is 6.03. The van der Waals surface area contributed by atoms with Gasteiger partial charge in [0.1, 0.15) is 10.6 Å². The zero-order valence-electron chi connectivity index (χ0n) is 14.7. The molecule has 28 heavy (non-hydrogen) atoms. The number of hydrogen-bond donors (Lipinski definition) is 2. The van der Waals surface area contributed by atoms with Gasteiger partial charge >= 0.3 is 0 Å². The number of nitrogens with one attached hydrogen (secondary N) is 1. The molecule has 0 atom stereocenters. The van der Waals surface area contributed by atoms with E-state index in [4.69, 9.17) is 12.2 Å². The largest absolute Gasteiger partial charge is 0.383 e. The molecule has 0 saturated heterocycles. The summed E-state index contributed by atoms with van der Waals surface area (Å²) in [5.74, 6) is 3.21. The van der Waals surface area contributed by atoms with Crippen LogP contribution in [0.15, 0.2) is 54.9 Å². The van der Waals surface area contributed by atoms with Gasteiger partial charge in [-0.2, -0.15) is 0 Å². The molecule has 6 nitrogen and oxygen atoms in total. The number of anilines is 1. The summed E-state index contributed by atoms with van der Waals surface area (Å²) in [6.45, 7) is 0.395. The molecule has 136 valence electrons. The van der Waals surface area contributed by atoms with Crippen molar-refractivity contribution in [2.24, 2.45) is 0 Å². The molecule has 0 spiro atoms. The highest BCUT2D eigenvalue weighted by Crippen LogP contribution is 2.30. The number of nitrogen functional groups attached to an aromatic ring is 1. The van der Waals surface area contributed by atoms with Gasteiger partial charge in [-0.1, -0.05) is 24.1 Å². The van der Waals surface area contributed by atoms with Crippen LogP contribution in [0, 0.1) is 12.3 Å². The van der Waals surface area contributed by atoms with Crippen LogP contribution in [0.4, 0.5) is 5.82 Å². The summed E-state index contributed by atoms with van der Waals surface area (Å²) >= 11 is 1.27. The first kappa shape index (κ1) is 17.6. The predicted molar refractivity (Wildman–Crippen MR) is 111 cm³/mol. The maximum absolute atomic E-state index is 12.5. The minimum atomic E-state index is -0.192. The summed E-state index contributed by atoms with van der Waals surface area (Å²) in [6, 6.07) is 12.8. The normalized spacial score (nSPS) is 10.5. The lowest BCUT2D eigenvalue weighted by Gasteiger charge is -2.03. The number of hydrogen-bond acceptors (Lipinski definition) is 6. The highest BCUT2D eigenvalue weighted by atomic mass is 32.1. The summed E-state index contributed by atoms with van der Waals surface area (Å²) in [4.78, 5) is 26.7. The molecule has 0 radical (unpaired) electrons. The number of aromatic nitrogens is 3. The average Bonchev–Trinajstić information content (AvgIpc) is 3.18. The lowest BCUT2D eigenvalue weighted by molar-refractivity contribution is 0.0955. The number of nitrogens with zero attached hydrogens (tertiary/aromatic N) is 3. The Hall–Kier alpha value is -3.76. The summed E-state index contributed by atoms with van der Waals surface area (Å²) in [5.41, 5.74) is 8.56. The zero-order valence-corrected chi connectivity index (χ0v) is 15.5. The molecule has 4 aromatic rings. The summed E-state index contributed by atoms with van der Waals surface area (Å²) in [7, 11) is 0. The van der Waals surface area contributed by atoms with E-state index >= 15 is 0 Å². The van der Waals surface area contributed by atoms with E-state index in [1.165, 1.54) is 11.3 Å². The molecule has 0 bridgehead atoms. The van der Waals surface area contributed by atoms with Crippen molar-refractivity contribution >= 4 is 33.3 Å². The fraction of sp³-hybridized carbons (Fsp3) is 0.0476. The monoisotopic (exact) mass is 385 g/mol. The van der Waals surface area contributed by atoms with Crippen molar-refractivity contribution in [1.29, 1.82) is 0 Å². The predicted octanol–water partition coefficient (Wildman–Crippen LogP) is 3.25. The van der Waals surface area contributed by atoms with Crippen molar-refractivity contribution in [2.75, 3.05) is 5.73 Å². The number of nitrogens with two attached hydrogens (primary N) is 1. The molecule has 0 fully saturated rings. The van der Waals surface area contributed by atoms with E-state index < -0.39 is 0 Å². The maximum atomic E-state index is 12.5. The lowest BCUT2D eigenvalue weighted by Crippen LogP contribution is -2.21. The lowest BCUT2D eigenvalue weighted by atomic mass is 10.1. The van der Waals surface area contributed by atoms with Crippen LogP contribution in [0.5, 0.6) is 0 Å². The van der Waals surface area contributed by atoms with Crippen molar-refractivity contribution in [2.45, 2.75) is 6.54 Å². The molecule has 0 aliphatic heterocycles. The Morgan fingerprint density at radius 1 is 1.21 bits per heavy atom. The van der Waals surface area contributed by atoms with Crippen LogP contribution in [-0.2, 0) is 6.54 Å². The topological polar surface area (TPSA) is 93.8 Å². The van der Waals surface area contributed by atoms with Gasteiger partial charge in [0.15, 0.2) is 5.82 Å². The van der Waals surface area contributed by atoms with Crippen LogP contribution in [0.2, 0.25) is 0 Å². The number of fused-ring (bicyclic) bond motifs is 1. The molecule has 0 aliphatic rings. The van der Waals surface area contributed by atoms with Gasteiger partial charge in [0, 0.05) is 30.1 Å². The minimum Gasteiger partial charge on any atom is -0.383 e. The van der Waals surface area contributed by atoms with Gasteiger partial charge in [-0.25, -0.2) is 9.97 Å². The third kappa shape index (κ3) is 3.54. The van der Waals surface area contributed by atoms with Crippen molar-refractivity contribution in [3.8, 4) is 23.7 Å². The number of rotatable bonds is 4. The maximum Gasteiger partial charge on any atom is 0.261 e. The quantitative estimate of drug-likeness (QED) is 0.526. The number of thiophene rings is 1. The number of pyridine rings is 1. The molecule has 3 heterocycles. The number of amides is 1. The van der Waals surface area contributed by atoms with E-state index in [1.807, 2.05) is 36.4 Å². The Labute approximate surface area is 165 Å². The van der Waals surface area contributed by atoms with Gasteiger partial charge in [-0.3, -0.25) is 9.78 Å². The fourth-order valence-electron chi connectivity index (χ4n) is 2.70. The van der Waals surface area contributed by atoms with Crippen LogP contribution in [-0.4, -0.2) is 20.9 Å². The Morgan fingerprint density at radius 3 is 2.89 bits per heavy atom. The molecule has 3 N–H and O–H groups in total. The Bertz CT molecular complexity index is 1210. The van der Waals surface area contributed by atoms with E-state index in [1.54, 1.807) is 18.5 Å².